The summed E-state index contributed by atoms with van der Waals surface area (Å²) in [6.45, 7) is 0. The van der Waals surface area contributed by atoms with Crippen LogP contribution in [-0.2, 0) is 0 Å². The second kappa shape index (κ2) is 3.21. The zero-order valence-electron chi connectivity index (χ0n) is 8.66. The number of phenols is 1. The fraction of sp³-hybridized carbons (Fsp3) is 0. The van der Waals surface area contributed by atoms with Crippen LogP contribution >= 0.6 is 0 Å². The molecule has 0 bridgehead atoms. The van der Waals surface area contributed by atoms with Gasteiger partial charge in [-0.15, -0.1) is 0 Å². The molecule has 84 valence electrons. The Bertz CT molecular complexity index is 746. The molecule has 17 heavy (non-hydrogen) atoms. The number of carboxylic acids is 1. The van der Waals surface area contributed by atoms with E-state index in [1.54, 1.807) is 24.3 Å². The van der Waals surface area contributed by atoms with Gasteiger partial charge in [-0.05, 0) is 18.2 Å². The Morgan fingerprint density at radius 3 is 2.82 bits per heavy atom. The van der Waals surface area contributed by atoms with Crippen LogP contribution in [0.2, 0.25) is 0 Å². The molecule has 3 aromatic rings. The summed E-state index contributed by atoms with van der Waals surface area (Å²) in [4.78, 5) is 15.1. The minimum Gasteiger partial charge on any atom is -0.506 e. The molecule has 0 fully saturated rings. The molecular formula is C12H8N2O3. The van der Waals surface area contributed by atoms with Crippen molar-refractivity contribution in [2.45, 2.75) is 0 Å². The number of fused-ring (bicyclic) bond motifs is 3. The summed E-state index contributed by atoms with van der Waals surface area (Å²) >= 11 is 0. The van der Waals surface area contributed by atoms with Crippen LogP contribution in [0.5, 0.6) is 5.75 Å². The van der Waals surface area contributed by atoms with E-state index in [0.717, 1.165) is 5.39 Å². The van der Waals surface area contributed by atoms with Crippen molar-refractivity contribution in [1.82, 2.24) is 9.38 Å². The Balaban J connectivity index is 2.61. The molecule has 2 N–H and O–H groups in total. The Kier molecular flexibility index (Phi) is 1.82. The van der Waals surface area contributed by atoms with E-state index in [-0.39, 0.29) is 11.4 Å². The van der Waals surface area contributed by atoms with Crippen LogP contribution in [0.15, 0.2) is 36.5 Å². The number of aromatic nitrogens is 2. The standard InChI is InChI=1S/C12H8N2O3/c15-9-3-1-2-7-4-5-10-13-6-8(12(16)17)14(10)11(7)9/h1-6,15H,(H,16,17). The number of carbonyl (C=O) groups is 1. The maximum Gasteiger partial charge on any atom is 0.354 e. The summed E-state index contributed by atoms with van der Waals surface area (Å²) in [6.07, 6.45) is 1.28. The molecule has 0 atom stereocenters. The van der Waals surface area contributed by atoms with E-state index in [1.807, 2.05) is 0 Å². The van der Waals surface area contributed by atoms with Gasteiger partial charge < -0.3 is 10.2 Å². The zero-order chi connectivity index (χ0) is 12.0. The van der Waals surface area contributed by atoms with Gasteiger partial charge >= 0.3 is 5.97 Å². The topological polar surface area (TPSA) is 74.8 Å². The fourth-order valence-electron chi connectivity index (χ4n) is 1.96. The Hall–Kier alpha value is -2.56. The second-order valence-electron chi connectivity index (χ2n) is 3.69. The Morgan fingerprint density at radius 2 is 2.06 bits per heavy atom. The van der Waals surface area contributed by atoms with E-state index in [2.05, 4.69) is 4.98 Å². The molecule has 2 heterocycles. The predicted molar refractivity (Wildman–Crippen MR) is 61.3 cm³/mol. The third-order valence-electron chi connectivity index (χ3n) is 2.69. The molecule has 2 aromatic heterocycles. The average Bonchev–Trinajstić information content (AvgIpc) is 2.72. The molecule has 0 aliphatic heterocycles. The third-order valence-corrected chi connectivity index (χ3v) is 2.69. The minimum atomic E-state index is -1.08. The van der Waals surface area contributed by atoms with Gasteiger partial charge in [0.25, 0.3) is 0 Å². The van der Waals surface area contributed by atoms with Gasteiger partial charge in [0.05, 0.1) is 11.7 Å². The number of hydrogen-bond acceptors (Lipinski definition) is 3. The number of para-hydroxylation sites is 1. The maximum absolute atomic E-state index is 11.1. The zero-order valence-corrected chi connectivity index (χ0v) is 8.66. The van der Waals surface area contributed by atoms with Gasteiger partial charge in [0.2, 0.25) is 0 Å². The predicted octanol–water partition coefficient (Wildman–Crippen LogP) is 1.89. The lowest BCUT2D eigenvalue weighted by molar-refractivity contribution is 0.0690. The number of nitrogens with zero attached hydrogens (tertiary/aromatic N) is 2. The highest BCUT2D eigenvalue weighted by atomic mass is 16.4. The smallest absolute Gasteiger partial charge is 0.354 e. The van der Waals surface area contributed by atoms with Crippen LogP contribution in [0.4, 0.5) is 0 Å². The minimum absolute atomic E-state index is 0.0344. The number of aromatic carboxylic acids is 1. The first-order valence-corrected chi connectivity index (χ1v) is 5.00. The van der Waals surface area contributed by atoms with Crippen LogP contribution in [0, 0.1) is 0 Å². The van der Waals surface area contributed by atoms with Gasteiger partial charge in [0.1, 0.15) is 11.4 Å². The van der Waals surface area contributed by atoms with Crippen molar-refractivity contribution in [3.8, 4) is 5.75 Å². The largest absolute Gasteiger partial charge is 0.506 e. The summed E-state index contributed by atoms with van der Waals surface area (Å²) in [5.41, 5.74) is 0.989. The monoisotopic (exact) mass is 228 g/mol. The van der Waals surface area contributed by atoms with Gasteiger partial charge in [0, 0.05) is 5.39 Å². The maximum atomic E-state index is 11.1. The van der Waals surface area contributed by atoms with E-state index in [1.165, 1.54) is 16.7 Å². The third kappa shape index (κ3) is 1.25. The van der Waals surface area contributed by atoms with Crippen LogP contribution in [0.25, 0.3) is 16.6 Å². The van der Waals surface area contributed by atoms with Gasteiger partial charge in [-0.3, -0.25) is 4.40 Å². The fourth-order valence-corrected chi connectivity index (χ4v) is 1.96. The van der Waals surface area contributed by atoms with Crippen molar-refractivity contribution in [3.63, 3.8) is 0 Å². The second-order valence-corrected chi connectivity index (χ2v) is 3.69. The molecular weight excluding hydrogens is 220 g/mol. The van der Waals surface area contributed by atoms with E-state index in [4.69, 9.17) is 5.11 Å². The van der Waals surface area contributed by atoms with Crippen molar-refractivity contribution >= 4 is 22.5 Å². The van der Waals surface area contributed by atoms with Crippen LogP contribution in [0.1, 0.15) is 10.5 Å². The van der Waals surface area contributed by atoms with Crippen LogP contribution in [-0.4, -0.2) is 25.6 Å². The van der Waals surface area contributed by atoms with Gasteiger partial charge in [0.15, 0.2) is 5.69 Å². The SMILES string of the molecule is O=C(O)c1cnc2ccc3cccc(O)c3n12. The molecule has 0 amide bonds. The molecule has 0 aliphatic carbocycles. The van der Waals surface area contributed by atoms with Crippen molar-refractivity contribution in [3.05, 3.63) is 42.2 Å². The Morgan fingerprint density at radius 1 is 1.24 bits per heavy atom. The van der Waals surface area contributed by atoms with Crippen molar-refractivity contribution < 1.29 is 15.0 Å². The first kappa shape index (κ1) is 9.65. The summed E-state index contributed by atoms with van der Waals surface area (Å²) in [5.74, 6) is -1.04. The first-order chi connectivity index (χ1) is 8.18. The highest BCUT2D eigenvalue weighted by molar-refractivity contribution is 5.93. The van der Waals surface area contributed by atoms with E-state index >= 15 is 0 Å². The van der Waals surface area contributed by atoms with Crippen molar-refractivity contribution in [1.29, 1.82) is 0 Å². The molecule has 0 spiro atoms. The summed E-state index contributed by atoms with van der Waals surface area (Å²) in [6, 6.07) is 8.55. The number of aromatic hydroxyl groups is 1. The number of rotatable bonds is 1. The molecule has 0 unspecified atom stereocenters. The number of phenolic OH excluding ortho intramolecular Hbond substituents is 1. The van der Waals surface area contributed by atoms with Crippen molar-refractivity contribution in [2.75, 3.05) is 0 Å². The molecule has 0 saturated carbocycles. The van der Waals surface area contributed by atoms with E-state index in [0.29, 0.717) is 11.2 Å². The number of imidazole rings is 1. The molecule has 0 saturated heterocycles. The average molecular weight is 228 g/mol. The number of carboxylic acid groups (broad SMARTS) is 1. The highest BCUT2D eigenvalue weighted by Crippen LogP contribution is 2.26. The van der Waals surface area contributed by atoms with Crippen molar-refractivity contribution in [2.24, 2.45) is 0 Å². The molecule has 5 nitrogen and oxygen atoms in total. The molecule has 0 radical (unpaired) electrons. The van der Waals surface area contributed by atoms with E-state index in [9.17, 15) is 9.90 Å². The molecule has 5 heteroatoms. The van der Waals surface area contributed by atoms with Gasteiger partial charge in [-0.25, -0.2) is 9.78 Å². The van der Waals surface area contributed by atoms with Gasteiger partial charge in [-0.2, -0.15) is 0 Å². The quantitative estimate of drug-likeness (QED) is 0.667. The number of benzene rings is 1. The number of hydrogen-bond donors (Lipinski definition) is 2. The van der Waals surface area contributed by atoms with Crippen LogP contribution < -0.4 is 0 Å². The van der Waals surface area contributed by atoms with E-state index < -0.39 is 5.97 Å². The highest BCUT2D eigenvalue weighted by Gasteiger charge is 2.14. The molecule has 0 aliphatic rings. The summed E-state index contributed by atoms with van der Waals surface area (Å²) in [5, 5.41) is 19.7. The van der Waals surface area contributed by atoms with Gasteiger partial charge in [-0.1, -0.05) is 12.1 Å². The summed E-state index contributed by atoms with van der Waals surface area (Å²) < 4.78 is 1.44. The normalized spacial score (nSPS) is 11.1. The lowest BCUT2D eigenvalue weighted by Crippen LogP contribution is -2.02. The summed E-state index contributed by atoms with van der Waals surface area (Å²) in [7, 11) is 0. The Labute approximate surface area is 95.6 Å². The molecule has 3 rings (SSSR count). The molecule has 1 aromatic carbocycles. The lowest BCUT2D eigenvalue weighted by Gasteiger charge is -2.05. The van der Waals surface area contributed by atoms with Crippen LogP contribution in [0.3, 0.4) is 0 Å². The first-order valence-electron chi connectivity index (χ1n) is 5.00. The number of pyridine rings is 1. The lowest BCUT2D eigenvalue weighted by atomic mass is 10.2.